The smallest absolute Gasteiger partial charge is 0.253 e. The van der Waals surface area contributed by atoms with Crippen molar-refractivity contribution in [3.8, 4) is 0 Å². The molecule has 6 nitrogen and oxygen atoms in total. The molecule has 0 aliphatic carbocycles. The fourth-order valence-electron chi connectivity index (χ4n) is 1.95. The first-order valence-electron chi connectivity index (χ1n) is 6.85. The van der Waals surface area contributed by atoms with E-state index < -0.39 is 10.0 Å². The Hall–Kier alpha value is -1.44. The minimum atomic E-state index is -3.51. The predicted molar refractivity (Wildman–Crippen MR) is 80.6 cm³/mol. The van der Waals surface area contributed by atoms with Gasteiger partial charge in [0.25, 0.3) is 5.91 Å². The fraction of sp³-hybridized carbons (Fsp3) is 0.500. The molecule has 0 bridgehead atoms. The zero-order valence-electron chi connectivity index (χ0n) is 12.6. The summed E-state index contributed by atoms with van der Waals surface area (Å²) in [7, 11) is -1.92. The highest BCUT2D eigenvalue weighted by atomic mass is 32.2. The molecule has 0 saturated carbocycles. The molecule has 7 heteroatoms. The van der Waals surface area contributed by atoms with E-state index in [0.29, 0.717) is 18.7 Å². The molecule has 0 atom stereocenters. The summed E-state index contributed by atoms with van der Waals surface area (Å²) in [5, 5.41) is 8.82. The zero-order valence-corrected chi connectivity index (χ0v) is 13.4. The average molecular weight is 314 g/mol. The predicted octanol–water partition coefficient (Wildman–Crippen LogP) is 0.781. The maximum Gasteiger partial charge on any atom is 0.253 e. The Balaban J connectivity index is 3.00. The van der Waals surface area contributed by atoms with Gasteiger partial charge >= 0.3 is 0 Å². The summed E-state index contributed by atoms with van der Waals surface area (Å²) in [6, 6.07) is 5.86. The summed E-state index contributed by atoms with van der Waals surface area (Å²) in [6.45, 7) is 4.48. The van der Waals surface area contributed by atoms with Gasteiger partial charge < -0.3 is 10.0 Å². The van der Waals surface area contributed by atoms with Crippen molar-refractivity contribution in [2.24, 2.45) is 0 Å². The minimum absolute atomic E-state index is 0.114. The molecule has 0 radical (unpaired) electrons. The lowest BCUT2D eigenvalue weighted by molar-refractivity contribution is 0.0767. The van der Waals surface area contributed by atoms with Crippen LogP contribution in [0.4, 0.5) is 0 Å². The van der Waals surface area contributed by atoms with E-state index in [1.165, 1.54) is 33.5 Å². The van der Waals surface area contributed by atoms with Crippen LogP contribution >= 0.6 is 0 Å². The molecule has 118 valence electrons. The fourth-order valence-corrected chi connectivity index (χ4v) is 3.41. The van der Waals surface area contributed by atoms with E-state index in [1.54, 1.807) is 20.9 Å². The Labute approximate surface area is 126 Å². The number of likely N-dealkylation sites (N-methyl/N-ethyl adjacent to an activating group) is 1. The van der Waals surface area contributed by atoms with Gasteiger partial charge in [0.1, 0.15) is 0 Å². The van der Waals surface area contributed by atoms with Gasteiger partial charge in [-0.2, -0.15) is 4.31 Å². The molecule has 0 aromatic heterocycles. The maximum absolute atomic E-state index is 12.3. The van der Waals surface area contributed by atoms with E-state index >= 15 is 0 Å². The van der Waals surface area contributed by atoms with E-state index in [1.807, 2.05) is 0 Å². The molecule has 0 fully saturated rings. The van der Waals surface area contributed by atoms with Crippen molar-refractivity contribution in [3.63, 3.8) is 0 Å². The zero-order chi connectivity index (χ0) is 16.0. The van der Waals surface area contributed by atoms with Crippen LogP contribution in [-0.2, 0) is 10.0 Å². The molecule has 0 saturated heterocycles. The molecule has 1 N–H and O–H groups in total. The van der Waals surface area contributed by atoms with E-state index in [-0.39, 0.29) is 24.0 Å². The summed E-state index contributed by atoms with van der Waals surface area (Å²) < 4.78 is 26.0. The number of benzene rings is 1. The van der Waals surface area contributed by atoms with Gasteiger partial charge in [-0.1, -0.05) is 13.8 Å². The van der Waals surface area contributed by atoms with Crippen LogP contribution in [0.15, 0.2) is 29.2 Å². The number of rotatable bonds is 7. The van der Waals surface area contributed by atoms with Crippen LogP contribution < -0.4 is 0 Å². The number of aliphatic hydroxyl groups is 1. The first-order valence-corrected chi connectivity index (χ1v) is 8.29. The highest BCUT2D eigenvalue weighted by Gasteiger charge is 2.22. The van der Waals surface area contributed by atoms with Gasteiger partial charge in [0.2, 0.25) is 10.0 Å². The summed E-state index contributed by atoms with van der Waals surface area (Å²) in [6.07, 6.45) is 0. The third-order valence-electron chi connectivity index (χ3n) is 3.23. The lowest BCUT2D eigenvalue weighted by Gasteiger charge is -2.19. The lowest BCUT2D eigenvalue weighted by Crippen LogP contribution is -2.31. The maximum atomic E-state index is 12.3. The van der Waals surface area contributed by atoms with Gasteiger partial charge in [0.05, 0.1) is 11.5 Å². The monoisotopic (exact) mass is 314 g/mol. The average Bonchev–Trinajstić information content (AvgIpc) is 2.48. The van der Waals surface area contributed by atoms with Gasteiger partial charge in [-0.05, 0) is 24.3 Å². The molecule has 0 heterocycles. The number of aliphatic hydroxyl groups excluding tert-OH is 1. The molecular formula is C14H22N2O4S. The summed E-state index contributed by atoms with van der Waals surface area (Å²) in [5.74, 6) is -0.254. The summed E-state index contributed by atoms with van der Waals surface area (Å²) >= 11 is 0. The number of hydrogen-bond donors (Lipinski definition) is 1. The second kappa shape index (κ2) is 7.53. The normalized spacial score (nSPS) is 11.7. The van der Waals surface area contributed by atoms with Crippen LogP contribution in [0.25, 0.3) is 0 Å². The highest BCUT2D eigenvalue weighted by Crippen LogP contribution is 2.16. The van der Waals surface area contributed by atoms with Crippen molar-refractivity contribution >= 4 is 15.9 Å². The number of sulfonamides is 1. The standard InChI is InChI=1S/C14H22N2O4S/c1-4-16(5-2)21(19,20)13-8-6-12(7-9-13)14(18)15(3)10-11-17/h6-9,17H,4-5,10-11H2,1-3H3. The van der Waals surface area contributed by atoms with E-state index in [2.05, 4.69) is 0 Å². The van der Waals surface area contributed by atoms with Gasteiger partial charge in [0.15, 0.2) is 0 Å². The Morgan fingerprint density at radius 3 is 2.10 bits per heavy atom. The number of carbonyl (C=O) groups excluding carboxylic acids is 1. The topological polar surface area (TPSA) is 77.9 Å². The van der Waals surface area contributed by atoms with Crippen LogP contribution in [0, 0.1) is 0 Å². The van der Waals surface area contributed by atoms with Crippen molar-refractivity contribution in [2.45, 2.75) is 18.7 Å². The van der Waals surface area contributed by atoms with Crippen LogP contribution in [0.3, 0.4) is 0 Å². The van der Waals surface area contributed by atoms with Crippen molar-refractivity contribution in [1.29, 1.82) is 0 Å². The first-order chi connectivity index (χ1) is 9.88. The number of amides is 1. The quantitative estimate of drug-likeness (QED) is 0.807. The molecular weight excluding hydrogens is 292 g/mol. The Bertz CT molecular complexity index is 565. The summed E-state index contributed by atoms with van der Waals surface area (Å²) in [5.41, 5.74) is 0.393. The van der Waals surface area contributed by atoms with Crippen LogP contribution in [-0.4, -0.2) is 61.9 Å². The van der Waals surface area contributed by atoms with Crippen molar-refractivity contribution < 1.29 is 18.3 Å². The van der Waals surface area contributed by atoms with Gasteiger partial charge in [0, 0.05) is 32.2 Å². The van der Waals surface area contributed by atoms with Gasteiger partial charge in [-0.3, -0.25) is 4.79 Å². The summed E-state index contributed by atoms with van der Waals surface area (Å²) in [4.78, 5) is 13.6. The second-order valence-corrected chi connectivity index (χ2v) is 6.50. The number of hydrogen-bond acceptors (Lipinski definition) is 4. The van der Waals surface area contributed by atoms with Crippen molar-refractivity contribution in [1.82, 2.24) is 9.21 Å². The Morgan fingerprint density at radius 2 is 1.67 bits per heavy atom. The third kappa shape index (κ3) is 4.03. The first kappa shape index (κ1) is 17.6. The third-order valence-corrected chi connectivity index (χ3v) is 5.29. The molecule has 0 aliphatic heterocycles. The Kier molecular flexibility index (Phi) is 6.32. The molecule has 0 spiro atoms. The second-order valence-electron chi connectivity index (χ2n) is 4.56. The molecule has 21 heavy (non-hydrogen) atoms. The van der Waals surface area contributed by atoms with E-state index in [0.717, 1.165) is 0 Å². The molecule has 0 unspecified atom stereocenters. The molecule has 1 aromatic carbocycles. The molecule has 1 aromatic rings. The number of carbonyl (C=O) groups is 1. The van der Waals surface area contributed by atoms with Crippen LogP contribution in [0.1, 0.15) is 24.2 Å². The largest absolute Gasteiger partial charge is 0.395 e. The van der Waals surface area contributed by atoms with E-state index in [4.69, 9.17) is 5.11 Å². The van der Waals surface area contributed by atoms with Gasteiger partial charge in [-0.15, -0.1) is 0 Å². The highest BCUT2D eigenvalue weighted by molar-refractivity contribution is 7.89. The Morgan fingerprint density at radius 1 is 1.14 bits per heavy atom. The van der Waals surface area contributed by atoms with E-state index in [9.17, 15) is 13.2 Å². The minimum Gasteiger partial charge on any atom is -0.395 e. The lowest BCUT2D eigenvalue weighted by atomic mass is 10.2. The van der Waals surface area contributed by atoms with Crippen molar-refractivity contribution in [2.75, 3.05) is 33.3 Å². The van der Waals surface area contributed by atoms with Crippen molar-refractivity contribution in [3.05, 3.63) is 29.8 Å². The van der Waals surface area contributed by atoms with Crippen LogP contribution in [0.2, 0.25) is 0 Å². The van der Waals surface area contributed by atoms with Gasteiger partial charge in [-0.25, -0.2) is 8.42 Å². The number of nitrogens with zero attached hydrogens (tertiary/aromatic N) is 2. The van der Waals surface area contributed by atoms with Crippen LogP contribution in [0.5, 0.6) is 0 Å². The molecule has 1 amide bonds. The molecule has 0 aliphatic rings. The SMILES string of the molecule is CCN(CC)S(=O)(=O)c1ccc(C(=O)N(C)CCO)cc1. The molecule has 1 rings (SSSR count).